The summed E-state index contributed by atoms with van der Waals surface area (Å²) in [6.07, 6.45) is 3.18. The summed E-state index contributed by atoms with van der Waals surface area (Å²) in [4.78, 5) is 0. The van der Waals surface area contributed by atoms with Gasteiger partial charge in [-0.3, -0.25) is 4.68 Å². The van der Waals surface area contributed by atoms with E-state index < -0.39 is 5.51 Å². The number of hydrogen-bond donors (Lipinski definition) is 0. The number of halogens is 4. The Labute approximate surface area is 85.6 Å². The van der Waals surface area contributed by atoms with E-state index in [4.69, 9.17) is 0 Å². The molecule has 0 saturated carbocycles. The van der Waals surface area contributed by atoms with Gasteiger partial charge in [-0.25, -0.2) is 0 Å². The van der Waals surface area contributed by atoms with Crippen molar-refractivity contribution < 1.29 is 13.2 Å². The Hall–Kier alpha value is -0.170. The molecule has 0 saturated heterocycles. The van der Waals surface area contributed by atoms with Gasteiger partial charge >= 0.3 is 5.51 Å². The molecule has 1 aromatic heterocycles. The summed E-state index contributed by atoms with van der Waals surface area (Å²) in [5, 5.41) is 3.82. The predicted octanol–water partition coefficient (Wildman–Crippen LogP) is 2.90. The summed E-state index contributed by atoms with van der Waals surface area (Å²) in [5.41, 5.74) is -4.15. The van der Waals surface area contributed by atoms with Crippen LogP contribution in [0.4, 0.5) is 13.2 Å². The third-order valence-electron chi connectivity index (χ3n) is 1.19. The maximum atomic E-state index is 11.7. The van der Waals surface area contributed by atoms with Crippen LogP contribution in [0.25, 0.3) is 0 Å². The minimum absolute atomic E-state index is 0.0163. The van der Waals surface area contributed by atoms with Gasteiger partial charge in [-0.15, -0.1) is 0 Å². The number of rotatable bonds is 3. The average Bonchev–Trinajstić information content (AvgIpc) is 2.33. The molecule has 7 heteroatoms. The van der Waals surface area contributed by atoms with Gasteiger partial charge in [-0.1, -0.05) is 0 Å². The highest BCUT2D eigenvalue weighted by atomic mass is 79.9. The first-order valence-electron chi connectivity index (χ1n) is 3.36. The van der Waals surface area contributed by atoms with E-state index >= 15 is 0 Å². The molecule has 0 aliphatic heterocycles. The van der Waals surface area contributed by atoms with Crippen LogP contribution in [0, 0.1) is 0 Å². The van der Waals surface area contributed by atoms with Gasteiger partial charge < -0.3 is 0 Å². The maximum absolute atomic E-state index is 11.7. The standard InChI is InChI=1S/C6H6BrF3N2S/c7-5-3-11-12(4-5)1-2-13-6(8,9)10/h3-4H,1-2H2. The Kier molecular flexibility index (Phi) is 3.66. The lowest BCUT2D eigenvalue weighted by atomic mass is 10.7. The number of aryl methyl sites for hydroxylation is 1. The molecule has 0 aliphatic rings. The van der Waals surface area contributed by atoms with Crippen LogP contribution < -0.4 is 0 Å². The smallest absolute Gasteiger partial charge is 0.271 e. The molecular weight excluding hydrogens is 269 g/mol. The molecule has 1 rings (SSSR count). The second-order valence-electron chi connectivity index (χ2n) is 2.22. The van der Waals surface area contributed by atoms with Crippen LogP contribution in [0.5, 0.6) is 0 Å². The highest BCUT2D eigenvalue weighted by Gasteiger charge is 2.27. The Bertz CT molecular complexity index is 273. The highest BCUT2D eigenvalue weighted by Crippen LogP contribution is 2.29. The van der Waals surface area contributed by atoms with Crippen molar-refractivity contribution in [1.82, 2.24) is 9.78 Å². The van der Waals surface area contributed by atoms with Gasteiger partial charge in [0.25, 0.3) is 0 Å². The predicted molar refractivity (Wildman–Crippen MR) is 48.4 cm³/mol. The van der Waals surface area contributed by atoms with Crippen molar-refractivity contribution in [1.29, 1.82) is 0 Å². The molecule has 0 bridgehead atoms. The topological polar surface area (TPSA) is 17.8 Å². The van der Waals surface area contributed by atoms with Crippen molar-refractivity contribution in [2.24, 2.45) is 0 Å². The molecule has 0 N–H and O–H groups in total. The number of thioether (sulfide) groups is 1. The minimum Gasteiger partial charge on any atom is -0.271 e. The van der Waals surface area contributed by atoms with E-state index in [9.17, 15) is 13.2 Å². The second-order valence-corrected chi connectivity index (χ2v) is 4.29. The van der Waals surface area contributed by atoms with Crippen molar-refractivity contribution in [3.8, 4) is 0 Å². The van der Waals surface area contributed by atoms with Crippen LogP contribution in [-0.4, -0.2) is 21.0 Å². The summed E-state index contributed by atoms with van der Waals surface area (Å²) in [6.45, 7) is 0.260. The Balaban J connectivity index is 2.28. The Morgan fingerprint density at radius 1 is 1.54 bits per heavy atom. The van der Waals surface area contributed by atoms with Crippen molar-refractivity contribution in [3.63, 3.8) is 0 Å². The Morgan fingerprint density at radius 2 is 2.23 bits per heavy atom. The number of nitrogens with zero attached hydrogens (tertiary/aromatic N) is 2. The SMILES string of the molecule is FC(F)(F)SCCn1cc(Br)cn1. The van der Waals surface area contributed by atoms with Crippen molar-refractivity contribution in [2.45, 2.75) is 12.1 Å². The van der Waals surface area contributed by atoms with Crippen LogP contribution in [0.15, 0.2) is 16.9 Å². The molecule has 0 aliphatic carbocycles. The third kappa shape index (κ3) is 4.56. The lowest BCUT2D eigenvalue weighted by Crippen LogP contribution is -2.06. The van der Waals surface area contributed by atoms with E-state index in [0.29, 0.717) is 0 Å². The van der Waals surface area contributed by atoms with E-state index in [1.165, 1.54) is 10.9 Å². The normalized spacial score (nSPS) is 12.0. The molecular formula is C6H6BrF3N2S. The summed E-state index contributed by atoms with van der Waals surface area (Å²) >= 11 is 3.11. The van der Waals surface area contributed by atoms with E-state index in [2.05, 4.69) is 21.0 Å². The number of hydrogen-bond acceptors (Lipinski definition) is 2. The molecule has 0 unspecified atom stereocenters. The fraction of sp³-hybridized carbons (Fsp3) is 0.500. The first kappa shape index (κ1) is 10.9. The quantitative estimate of drug-likeness (QED) is 0.844. The monoisotopic (exact) mass is 274 g/mol. The molecule has 2 nitrogen and oxygen atoms in total. The third-order valence-corrected chi connectivity index (χ3v) is 2.31. The molecule has 13 heavy (non-hydrogen) atoms. The highest BCUT2D eigenvalue weighted by molar-refractivity contribution is 9.10. The number of aromatic nitrogens is 2. The van der Waals surface area contributed by atoms with Gasteiger partial charge in [0.1, 0.15) is 0 Å². The van der Waals surface area contributed by atoms with E-state index in [0.717, 1.165) is 4.47 Å². The van der Waals surface area contributed by atoms with Crippen LogP contribution >= 0.6 is 27.7 Å². The van der Waals surface area contributed by atoms with Crippen LogP contribution in [0.1, 0.15) is 0 Å². The molecule has 0 atom stereocenters. The second kappa shape index (κ2) is 4.36. The average molecular weight is 275 g/mol. The molecule has 1 aromatic rings. The fourth-order valence-electron chi connectivity index (χ4n) is 0.716. The lowest BCUT2D eigenvalue weighted by molar-refractivity contribution is -0.0328. The van der Waals surface area contributed by atoms with Crippen molar-refractivity contribution >= 4 is 27.7 Å². The molecule has 1 heterocycles. The Morgan fingerprint density at radius 3 is 2.69 bits per heavy atom. The van der Waals surface area contributed by atoms with E-state index in [-0.39, 0.29) is 24.1 Å². The van der Waals surface area contributed by atoms with Gasteiger partial charge in [-0.05, 0) is 27.7 Å². The fourth-order valence-corrected chi connectivity index (χ4v) is 1.55. The zero-order valence-corrected chi connectivity index (χ0v) is 8.79. The maximum Gasteiger partial charge on any atom is 0.441 e. The minimum atomic E-state index is -4.15. The summed E-state index contributed by atoms with van der Waals surface area (Å²) in [6, 6.07) is 0. The summed E-state index contributed by atoms with van der Waals surface area (Å²) in [5.74, 6) is -0.0163. The first-order valence-corrected chi connectivity index (χ1v) is 5.14. The van der Waals surface area contributed by atoms with Gasteiger partial charge in [0.2, 0.25) is 0 Å². The van der Waals surface area contributed by atoms with Crippen LogP contribution in [0.2, 0.25) is 0 Å². The summed E-state index contributed by atoms with van der Waals surface area (Å²) in [7, 11) is 0. The molecule has 0 radical (unpaired) electrons. The number of alkyl halides is 3. The zero-order chi connectivity index (χ0) is 9.90. The zero-order valence-electron chi connectivity index (χ0n) is 6.38. The first-order chi connectivity index (χ1) is 5.97. The van der Waals surface area contributed by atoms with E-state index in [1.807, 2.05) is 0 Å². The van der Waals surface area contributed by atoms with Gasteiger partial charge in [-0.2, -0.15) is 18.3 Å². The van der Waals surface area contributed by atoms with Crippen molar-refractivity contribution in [2.75, 3.05) is 5.75 Å². The lowest BCUT2D eigenvalue weighted by Gasteiger charge is -2.04. The molecule has 0 aromatic carbocycles. The van der Waals surface area contributed by atoms with Crippen LogP contribution in [0.3, 0.4) is 0 Å². The largest absolute Gasteiger partial charge is 0.441 e. The summed E-state index contributed by atoms with van der Waals surface area (Å²) < 4.78 is 37.3. The van der Waals surface area contributed by atoms with E-state index in [1.54, 1.807) is 6.20 Å². The van der Waals surface area contributed by atoms with Crippen molar-refractivity contribution in [3.05, 3.63) is 16.9 Å². The van der Waals surface area contributed by atoms with Gasteiger partial charge in [0.05, 0.1) is 17.2 Å². The molecule has 0 spiro atoms. The molecule has 74 valence electrons. The molecule has 0 amide bonds. The van der Waals surface area contributed by atoms with Gasteiger partial charge in [0, 0.05) is 11.9 Å². The van der Waals surface area contributed by atoms with Gasteiger partial charge in [0.15, 0.2) is 0 Å². The van der Waals surface area contributed by atoms with Crippen LogP contribution in [-0.2, 0) is 6.54 Å². The molecule has 0 fully saturated rings.